The fourth-order valence-electron chi connectivity index (χ4n) is 1.36. The van der Waals surface area contributed by atoms with Crippen molar-refractivity contribution >= 4 is 40.4 Å². The summed E-state index contributed by atoms with van der Waals surface area (Å²) in [5.41, 5.74) is 6.13. The van der Waals surface area contributed by atoms with Gasteiger partial charge in [0.2, 0.25) is 5.91 Å². The Labute approximate surface area is 117 Å². The molecule has 98 valence electrons. The average molecular weight is 286 g/mol. The van der Waals surface area contributed by atoms with E-state index in [1.165, 1.54) is 0 Å². The van der Waals surface area contributed by atoms with Crippen molar-refractivity contribution in [1.82, 2.24) is 4.90 Å². The number of halogens is 1. The van der Waals surface area contributed by atoms with Crippen LogP contribution in [0.2, 0.25) is 5.02 Å². The van der Waals surface area contributed by atoms with E-state index in [1.54, 1.807) is 24.3 Å². The second-order valence-corrected chi connectivity index (χ2v) is 4.97. The third-order valence-electron chi connectivity index (χ3n) is 2.28. The number of likely N-dealkylation sites (N-methyl/N-ethyl adjacent to an activating group) is 1. The standard InChI is InChI=1S/C12H16ClN3OS/c1-16(7-6-11(14)18)8-12(17)15-10-4-2-9(13)3-5-10/h2-5H,6-8H2,1H3,(H2,14,18)(H,15,17). The minimum absolute atomic E-state index is 0.0808. The average Bonchev–Trinajstić information content (AvgIpc) is 2.29. The number of nitrogens with zero attached hydrogens (tertiary/aromatic N) is 1. The highest BCUT2D eigenvalue weighted by Gasteiger charge is 2.07. The number of benzene rings is 1. The summed E-state index contributed by atoms with van der Waals surface area (Å²) in [6.07, 6.45) is 0.611. The van der Waals surface area contributed by atoms with Gasteiger partial charge in [0.15, 0.2) is 0 Å². The van der Waals surface area contributed by atoms with E-state index in [4.69, 9.17) is 29.6 Å². The van der Waals surface area contributed by atoms with Crippen LogP contribution in [0.5, 0.6) is 0 Å². The van der Waals surface area contributed by atoms with Gasteiger partial charge in [-0.25, -0.2) is 0 Å². The predicted octanol–water partition coefficient (Wildman–Crippen LogP) is 1.89. The largest absolute Gasteiger partial charge is 0.393 e. The number of nitrogens with one attached hydrogen (secondary N) is 1. The first-order chi connectivity index (χ1) is 8.47. The third kappa shape index (κ3) is 5.95. The second-order valence-electron chi connectivity index (χ2n) is 4.01. The van der Waals surface area contributed by atoms with E-state index in [-0.39, 0.29) is 5.91 Å². The normalized spacial score (nSPS) is 10.4. The fraction of sp³-hybridized carbons (Fsp3) is 0.333. The first kappa shape index (κ1) is 14.9. The summed E-state index contributed by atoms with van der Waals surface area (Å²) in [7, 11) is 1.85. The molecule has 1 amide bonds. The van der Waals surface area contributed by atoms with Crippen LogP contribution in [-0.4, -0.2) is 35.9 Å². The molecule has 0 atom stereocenters. The second kappa shape index (κ2) is 7.31. The van der Waals surface area contributed by atoms with E-state index < -0.39 is 0 Å². The maximum Gasteiger partial charge on any atom is 0.238 e. The van der Waals surface area contributed by atoms with Crippen LogP contribution in [0, 0.1) is 0 Å². The number of hydrogen-bond donors (Lipinski definition) is 2. The summed E-state index contributed by atoms with van der Waals surface area (Å²) in [6, 6.07) is 6.98. The molecule has 0 fully saturated rings. The molecule has 0 unspecified atom stereocenters. The van der Waals surface area contributed by atoms with E-state index in [0.29, 0.717) is 29.5 Å². The van der Waals surface area contributed by atoms with Gasteiger partial charge in [0, 0.05) is 23.7 Å². The lowest BCUT2D eigenvalue weighted by molar-refractivity contribution is -0.117. The molecule has 0 heterocycles. The molecule has 0 aliphatic rings. The van der Waals surface area contributed by atoms with Crippen LogP contribution in [0.15, 0.2) is 24.3 Å². The maximum absolute atomic E-state index is 11.7. The number of carbonyl (C=O) groups is 1. The molecule has 6 heteroatoms. The van der Waals surface area contributed by atoms with E-state index in [9.17, 15) is 4.79 Å². The molecule has 3 N–H and O–H groups in total. The molecule has 4 nitrogen and oxygen atoms in total. The van der Waals surface area contributed by atoms with Crippen molar-refractivity contribution in [1.29, 1.82) is 0 Å². The van der Waals surface area contributed by atoms with Crippen LogP contribution >= 0.6 is 23.8 Å². The molecule has 1 aromatic carbocycles. The van der Waals surface area contributed by atoms with Crippen LogP contribution in [0.3, 0.4) is 0 Å². The van der Waals surface area contributed by atoms with E-state index in [2.05, 4.69) is 5.32 Å². The Morgan fingerprint density at radius 3 is 2.61 bits per heavy atom. The molecular formula is C12H16ClN3OS. The summed E-state index contributed by atoms with van der Waals surface area (Å²) in [5, 5.41) is 3.42. The van der Waals surface area contributed by atoms with Gasteiger partial charge in [-0.3, -0.25) is 9.69 Å². The molecular weight excluding hydrogens is 270 g/mol. The Bertz CT molecular complexity index is 422. The van der Waals surface area contributed by atoms with Crippen LogP contribution in [0.4, 0.5) is 5.69 Å². The topological polar surface area (TPSA) is 58.4 Å². The summed E-state index contributed by atoms with van der Waals surface area (Å²) in [5.74, 6) is -0.0808. The van der Waals surface area contributed by atoms with Crippen molar-refractivity contribution in [2.75, 3.05) is 25.5 Å². The maximum atomic E-state index is 11.7. The van der Waals surface area contributed by atoms with Crippen molar-refractivity contribution in [2.45, 2.75) is 6.42 Å². The minimum atomic E-state index is -0.0808. The van der Waals surface area contributed by atoms with Crippen LogP contribution < -0.4 is 11.1 Å². The minimum Gasteiger partial charge on any atom is -0.393 e. The monoisotopic (exact) mass is 285 g/mol. The Morgan fingerprint density at radius 1 is 1.44 bits per heavy atom. The SMILES string of the molecule is CN(CCC(N)=S)CC(=O)Nc1ccc(Cl)cc1. The third-order valence-corrected chi connectivity index (χ3v) is 2.74. The predicted molar refractivity (Wildman–Crippen MR) is 79.0 cm³/mol. The van der Waals surface area contributed by atoms with Gasteiger partial charge < -0.3 is 11.1 Å². The first-order valence-corrected chi connectivity index (χ1v) is 6.28. The summed E-state index contributed by atoms with van der Waals surface area (Å²) >= 11 is 10.5. The lowest BCUT2D eigenvalue weighted by Gasteiger charge is -2.15. The van der Waals surface area contributed by atoms with Gasteiger partial charge in [-0.2, -0.15) is 0 Å². The number of hydrogen-bond acceptors (Lipinski definition) is 3. The summed E-state index contributed by atoms with van der Waals surface area (Å²) < 4.78 is 0. The number of rotatable bonds is 6. The number of carbonyl (C=O) groups excluding carboxylic acids is 1. The number of anilines is 1. The lowest BCUT2D eigenvalue weighted by atomic mass is 10.3. The number of thiocarbonyl (C=S) groups is 1. The van der Waals surface area contributed by atoms with Crippen LogP contribution in [0.25, 0.3) is 0 Å². The van der Waals surface area contributed by atoms with Crippen molar-refractivity contribution in [3.63, 3.8) is 0 Å². The fourth-order valence-corrected chi connectivity index (χ4v) is 1.58. The molecule has 0 aliphatic heterocycles. The van der Waals surface area contributed by atoms with Gasteiger partial charge in [0.25, 0.3) is 0 Å². The summed E-state index contributed by atoms with van der Waals surface area (Å²) in [6.45, 7) is 0.967. The van der Waals surface area contributed by atoms with Gasteiger partial charge in [-0.05, 0) is 31.3 Å². The van der Waals surface area contributed by atoms with Gasteiger partial charge in [-0.1, -0.05) is 23.8 Å². The lowest BCUT2D eigenvalue weighted by Crippen LogP contribution is -2.32. The molecule has 0 bridgehead atoms. The quantitative estimate of drug-likeness (QED) is 0.784. The Kier molecular flexibility index (Phi) is 6.04. The Balaban J connectivity index is 2.37. The highest BCUT2D eigenvalue weighted by Crippen LogP contribution is 2.13. The van der Waals surface area contributed by atoms with Crippen molar-refractivity contribution in [3.8, 4) is 0 Å². The summed E-state index contributed by atoms with van der Waals surface area (Å²) in [4.78, 5) is 14.0. The van der Waals surface area contributed by atoms with Gasteiger partial charge in [0.05, 0.1) is 11.5 Å². The zero-order valence-electron chi connectivity index (χ0n) is 10.1. The molecule has 1 rings (SSSR count). The van der Waals surface area contributed by atoms with Crippen molar-refractivity contribution in [3.05, 3.63) is 29.3 Å². The smallest absolute Gasteiger partial charge is 0.238 e. The van der Waals surface area contributed by atoms with Gasteiger partial charge >= 0.3 is 0 Å². The molecule has 1 aromatic rings. The molecule has 0 spiro atoms. The highest BCUT2D eigenvalue weighted by molar-refractivity contribution is 7.80. The van der Waals surface area contributed by atoms with Gasteiger partial charge in [-0.15, -0.1) is 0 Å². The van der Waals surface area contributed by atoms with Crippen molar-refractivity contribution < 1.29 is 4.79 Å². The van der Waals surface area contributed by atoms with Crippen molar-refractivity contribution in [2.24, 2.45) is 5.73 Å². The van der Waals surface area contributed by atoms with Gasteiger partial charge in [0.1, 0.15) is 0 Å². The molecule has 18 heavy (non-hydrogen) atoms. The van der Waals surface area contributed by atoms with E-state index in [0.717, 1.165) is 5.69 Å². The zero-order valence-corrected chi connectivity index (χ0v) is 11.7. The molecule has 0 aliphatic carbocycles. The molecule has 0 saturated carbocycles. The Morgan fingerprint density at radius 2 is 2.06 bits per heavy atom. The number of nitrogens with two attached hydrogens (primary N) is 1. The zero-order chi connectivity index (χ0) is 13.5. The highest BCUT2D eigenvalue weighted by atomic mass is 35.5. The number of amides is 1. The Hall–Kier alpha value is -1.17. The van der Waals surface area contributed by atoms with Crippen LogP contribution in [0.1, 0.15) is 6.42 Å². The molecule has 0 aromatic heterocycles. The van der Waals surface area contributed by atoms with E-state index >= 15 is 0 Å². The first-order valence-electron chi connectivity index (χ1n) is 5.49. The molecule has 0 saturated heterocycles. The van der Waals surface area contributed by atoms with E-state index in [1.807, 2.05) is 11.9 Å². The van der Waals surface area contributed by atoms with Crippen LogP contribution in [-0.2, 0) is 4.79 Å². The molecule has 0 radical (unpaired) electrons.